The van der Waals surface area contributed by atoms with Crippen LogP contribution in [0, 0.1) is 0 Å². The lowest BCUT2D eigenvalue weighted by atomic mass is 10.1. The molecule has 0 atom stereocenters. The zero-order valence-electron chi connectivity index (χ0n) is 11.2. The van der Waals surface area contributed by atoms with Crippen LogP contribution in [0.4, 0.5) is 0 Å². The van der Waals surface area contributed by atoms with Crippen LogP contribution in [0.5, 0.6) is 5.75 Å². The fraction of sp³-hybridized carbons (Fsp3) is 0.571. The highest BCUT2D eigenvalue weighted by Crippen LogP contribution is 2.25. The Morgan fingerprint density at radius 2 is 2.06 bits per heavy atom. The third-order valence-electron chi connectivity index (χ3n) is 2.93. The third kappa shape index (κ3) is 4.57. The SMILES string of the molecule is CCOc1ccc(CCN(C)C(C)C)cc1Cl. The van der Waals surface area contributed by atoms with Crippen LogP contribution in [0.15, 0.2) is 18.2 Å². The average Bonchev–Trinajstić information content (AvgIpc) is 2.29. The molecule has 1 rings (SSSR count). The summed E-state index contributed by atoms with van der Waals surface area (Å²) in [4.78, 5) is 2.32. The highest BCUT2D eigenvalue weighted by atomic mass is 35.5. The minimum atomic E-state index is 0.577. The molecule has 0 N–H and O–H groups in total. The summed E-state index contributed by atoms with van der Waals surface area (Å²) in [5.74, 6) is 0.773. The van der Waals surface area contributed by atoms with Crippen LogP contribution in [-0.4, -0.2) is 31.1 Å². The predicted molar refractivity (Wildman–Crippen MR) is 74.1 cm³/mol. The molecule has 0 aliphatic carbocycles. The number of hydrogen-bond acceptors (Lipinski definition) is 2. The average molecular weight is 256 g/mol. The van der Waals surface area contributed by atoms with Crippen LogP contribution in [0.25, 0.3) is 0 Å². The molecule has 0 fully saturated rings. The van der Waals surface area contributed by atoms with Gasteiger partial charge in [0, 0.05) is 12.6 Å². The summed E-state index contributed by atoms with van der Waals surface area (Å²) in [7, 11) is 2.14. The van der Waals surface area contributed by atoms with Gasteiger partial charge in [-0.05, 0) is 51.9 Å². The minimum Gasteiger partial charge on any atom is -0.492 e. The number of nitrogens with zero attached hydrogens (tertiary/aromatic N) is 1. The summed E-state index contributed by atoms with van der Waals surface area (Å²) in [6, 6.07) is 6.62. The van der Waals surface area contributed by atoms with Crippen LogP contribution in [0.1, 0.15) is 26.3 Å². The molecule has 0 heterocycles. The Hall–Kier alpha value is -0.730. The van der Waals surface area contributed by atoms with Crippen molar-refractivity contribution in [3.8, 4) is 5.75 Å². The van der Waals surface area contributed by atoms with Gasteiger partial charge in [-0.25, -0.2) is 0 Å². The van der Waals surface area contributed by atoms with Gasteiger partial charge in [0.05, 0.1) is 11.6 Å². The molecule has 0 saturated carbocycles. The van der Waals surface area contributed by atoms with Gasteiger partial charge >= 0.3 is 0 Å². The highest BCUT2D eigenvalue weighted by molar-refractivity contribution is 6.32. The van der Waals surface area contributed by atoms with E-state index >= 15 is 0 Å². The van der Waals surface area contributed by atoms with E-state index in [2.05, 4.69) is 31.9 Å². The van der Waals surface area contributed by atoms with E-state index in [9.17, 15) is 0 Å². The minimum absolute atomic E-state index is 0.577. The Labute approximate surface area is 110 Å². The number of halogens is 1. The zero-order chi connectivity index (χ0) is 12.8. The summed E-state index contributed by atoms with van der Waals surface area (Å²) in [6.07, 6.45) is 1.01. The standard InChI is InChI=1S/C14H22ClNO/c1-5-17-14-7-6-12(10-13(14)15)8-9-16(4)11(2)3/h6-7,10-11H,5,8-9H2,1-4H3. The monoisotopic (exact) mass is 255 g/mol. The number of likely N-dealkylation sites (N-methyl/N-ethyl adjacent to an activating group) is 1. The number of hydrogen-bond donors (Lipinski definition) is 0. The number of rotatable bonds is 6. The lowest BCUT2D eigenvalue weighted by Crippen LogP contribution is -2.28. The molecule has 3 heteroatoms. The molecule has 0 saturated heterocycles. The number of benzene rings is 1. The second-order valence-corrected chi connectivity index (χ2v) is 4.93. The Morgan fingerprint density at radius 3 is 2.59 bits per heavy atom. The maximum atomic E-state index is 6.15. The van der Waals surface area contributed by atoms with Gasteiger partial charge < -0.3 is 9.64 Å². The maximum absolute atomic E-state index is 6.15. The molecular formula is C14H22ClNO. The van der Waals surface area contributed by atoms with E-state index in [1.165, 1.54) is 5.56 Å². The molecule has 0 aromatic heterocycles. The van der Waals surface area contributed by atoms with Crippen LogP contribution >= 0.6 is 11.6 Å². The van der Waals surface area contributed by atoms with Gasteiger partial charge in [0.1, 0.15) is 5.75 Å². The number of ether oxygens (including phenoxy) is 1. The predicted octanol–water partition coefficient (Wildman–Crippen LogP) is 3.62. The molecule has 0 radical (unpaired) electrons. The summed E-state index contributed by atoms with van der Waals surface area (Å²) in [6.45, 7) is 8.05. The first kappa shape index (κ1) is 14.3. The summed E-state index contributed by atoms with van der Waals surface area (Å²) in [5, 5.41) is 0.705. The van der Waals surface area contributed by atoms with E-state index in [4.69, 9.17) is 16.3 Å². The van der Waals surface area contributed by atoms with Gasteiger partial charge in [0.25, 0.3) is 0 Å². The largest absolute Gasteiger partial charge is 0.492 e. The zero-order valence-corrected chi connectivity index (χ0v) is 11.9. The van der Waals surface area contributed by atoms with Gasteiger partial charge in [-0.3, -0.25) is 0 Å². The van der Waals surface area contributed by atoms with Crippen molar-refractivity contribution in [1.82, 2.24) is 4.90 Å². The van der Waals surface area contributed by atoms with Crippen LogP contribution in [0.3, 0.4) is 0 Å². The quantitative estimate of drug-likeness (QED) is 0.770. The molecule has 96 valence electrons. The molecule has 0 bridgehead atoms. The topological polar surface area (TPSA) is 12.5 Å². The van der Waals surface area contributed by atoms with E-state index in [0.717, 1.165) is 18.7 Å². The molecule has 17 heavy (non-hydrogen) atoms. The molecule has 0 aliphatic rings. The fourth-order valence-electron chi connectivity index (χ4n) is 1.54. The first-order valence-corrected chi connectivity index (χ1v) is 6.53. The third-order valence-corrected chi connectivity index (χ3v) is 3.23. The lowest BCUT2D eigenvalue weighted by Gasteiger charge is -2.20. The summed E-state index contributed by atoms with van der Waals surface area (Å²) >= 11 is 6.15. The van der Waals surface area contributed by atoms with Gasteiger partial charge in [-0.1, -0.05) is 17.7 Å². The van der Waals surface area contributed by atoms with Crippen molar-refractivity contribution < 1.29 is 4.74 Å². The first-order valence-electron chi connectivity index (χ1n) is 6.16. The van der Waals surface area contributed by atoms with Crippen LogP contribution in [0.2, 0.25) is 5.02 Å². The van der Waals surface area contributed by atoms with Gasteiger partial charge in [0.2, 0.25) is 0 Å². The van der Waals surface area contributed by atoms with E-state index in [-0.39, 0.29) is 0 Å². The molecule has 0 spiro atoms. The van der Waals surface area contributed by atoms with E-state index in [1.54, 1.807) is 0 Å². The Bertz CT molecular complexity index is 352. The Morgan fingerprint density at radius 1 is 1.35 bits per heavy atom. The van der Waals surface area contributed by atoms with E-state index in [1.807, 2.05) is 19.1 Å². The Balaban J connectivity index is 2.58. The van der Waals surface area contributed by atoms with E-state index in [0.29, 0.717) is 17.7 Å². The lowest BCUT2D eigenvalue weighted by molar-refractivity contribution is 0.277. The molecular weight excluding hydrogens is 234 g/mol. The van der Waals surface area contributed by atoms with Crippen molar-refractivity contribution in [1.29, 1.82) is 0 Å². The van der Waals surface area contributed by atoms with Crippen molar-refractivity contribution in [3.05, 3.63) is 28.8 Å². The van der Waals surface area contributed by atoms with Gasteiger partial charge in [-0.15, -0.1) is 0 Å². The van der Waals surface area contributed by atoms with Gasteiger partial charge in [-0.2, -0.15) is 0 Å². The maximum Gasteiger partial charge on any atom is 0.137 e. The van der Waals surface area contributed by atoms with Crippen molar-refractivity contribution >= 4 is 11.6 Å². The Kier molecular flexibility index (Phi) is 5.79. The smallest absolute Gasteiger partial charge is 0.137 e. The van der Waals surface area contributed by atoms with Crippen molar-refractivity contribution in [2.75, 3.05) is 20.2 Å². The highest BCUT2D eigenvalue weighted by Gasteiger charge is 2.05. The molecule has 2 nitrogen and oxygen atoms in total. The second kappa shape index (κ2) is 6.87. The normalized spacial score (nSPS) is 11.2. The molecule has 0 unspecified atom stereocenters. The van der Waals surface area contributed by atoms with E-state index < -0.39 is 0 Å². The molecule has 1 aromatic carbocycles. The molecule has 0 amide bonds. The molecule has 1 aromatic rings. The molecule has 0 aliphatic heterocycles. The second-order valence-electron chi connectivity index (χ2n) is 4.52. The van der Waals surface area contributed by atoms with Gasteiger partial charge in [0.15, 0.2) is 0 Å². The van der Waals surface area contributed by atoms with Crippen molar-refractivity contribution in [3.63, 3.8) is 0 Å². The fourth-order valence-corrected chi connectivity index (χ4v) is 1.79. The van der Waals surface area contributed by atoms with Crippen molar-refractivity contribution in [2.45, 2.75) is 33.2 Å². The van der Waals surface area contributed by atoms with Crippen molar-refractivity contribution in [2.24, 2.45) is 0 Å². The van der Waals surface area contributed by atoms with Crippen LogP contribution < -0.4 is 4.74 Å². The summed E-state index contributed by atoms with van der Waals surface area (Å²) in [5.41, 5.74) is 1.26. The first-order chi connectivity index (χ1) is 8.04. The summed E-state index contributed by atoms with van der Waals surface area (Å²) < 4.78 is 5.41. The van der Waals surface area contributed by atoms with Crippen LogP contribution in [-0.2, 0) is 6.42 Å².